The molecule has 2 saturated heterocycles. The third kappa shape index (κ3) is 4.60. The Hall–Kier alpha value is -2.55. The zero-order valence-corrected chi connectivity index (χ0v) is 19.7. The van der Waals surface area contributed by atoms with Gasteiger partial charge in [-0.3, -0.25) is 9.69 Å². The molecule has 4 rings (SSSR count). The number of carbonyl (C=O) groups excluding carboxylic acids is 1. The summed E-state index contributed by atoms with van der Waals surface area (Å²) in [5.74, 6) is 1.42. The highest BCUT2D eigenvalue weighted by molar-refractivity contribution is 5.87. The van der Waals surface area contributed by atoms with Gasteiger partial charge in [0.25, 0.3) is 0 Å². The molecule has 1 saturated carbocycles. The Balaban J connectivity index is 1.52. The lowest BCUT2D eigenvalue weighted by Crippen LogP contribution is -2.50. The van der Waals surface area contributed by atoms with Crippen molar-refractivity contribution < 1.29 is 24.5 Å². The van der Waals surface area contributed by atoms with Crippen LogP contribution in [0, 0.1) is 5.41 Å². The number of methoxy groups -OCH3 is 1. The van der Waals surface area contributed by atoms with Crippen LogP contribution >= 0.6 is 0 Å². The highest BCUT2D eigenvalue weighted by Crippen LogP contribution is 2.44. The van der Waals surface area contributed by atoms with Crippen LogP contribution in [0.3, 0.4) is 0 Å². The van der Waals surface area contributed by atoms with Gasteiger partial charge >= 0.3 is 6.09 Å². The van der Waals surface area contributed by atoms with Gasteiger partial charge in [-0.05, 0) is 51.4 Å². The van der Waals surface area contributed by atoms with Gasteiger partial charge in [-0.15, -0.1) is 0 Å². The molecule has 0 bridgehead atoms. The number of piperidine rings is 1. The summed E-state index contributed by atoms with van der Waals surface area (Å²) >= 11 is 0. The topological polar surface area (TPSA) is 106 Å². The van der Waals surface area contributed by atoms with Crippen LogP contribution in [0.15, 0.2) is 12.3 Å². The standard InChI is InChI=1S/C24H36N4O5/c1-3-11-28(23(31)32)18-14-20(33-2)21(25-15-18)26-12-4-9-24(16-26)10-13-27(22(24)30)17-5-7-19(29)8-6-17/h14-15,17,19,29H,3-13,16H2,1-2H3,(H,31,32)/t17-,19+,24-/m0/s1. The molecular weight excluding hydrogens is 424 g/mol. The van der Waals surface area contributed by atoms with E-state index in [0.717, 1.165) is 58.0 Å². The number of likely N-dealkylation sites (tertiary alicyclic amines) is 1. The molecule has 1 atom stereocenters. The number of hydrogen-bond donors (Lipinski definition) is 2. The Labute approximate surface area is 195 Å². The molecule has 9 nitrogen and oxygen atoms in total. The van der Waals surface area contributed by atoms with Gasteiger partial charge in [0.05, 0.1) is 30.5 Å². The summed E-state index contributed by atoms with van der Waals surface area (Å²) < 4.78 is 5.61. The third-order valence-corrected chi connectivity index (χ3v) is 7.56. The summed E-state index contributed by atoms with van der Waals surface area (Å²) in [7, 11) is 1.56. The summed E-state index contributed by atoms with van der Waals surface area (Å²) in [6.07, 6.45) is 6.94. The van der Waals surface area contributed by atoms with E-state index in [4.69, 9.17) is 4.74 Å². The van der Waals surface area contributed by atoms with E-state index in [1.807, 2.05) is 6.92 Å². The van der Waals surface area contributed by atoms with Gasteiger partial charge in [0.1, 0.15) is 0 Å². The average molecular weight is 461 g/mol. The summed E-state index contributed by atoms with van der Waals surface area (Å²) in [6, 6.07) is 1.96. The van der Waals surface area contributed by atoms with Crippen molar-refractivity contribution in [2.45, 2.75) is 70.4 Å². The zero-order chi connectivity index (χ0) is 23.6. The highest BCUT2D eigenvalue weighted by atomic mass is 16.5. The molecule has 0 aromatic carbocycles. The smallest absolute Gasteiger partial charge is 0.411 e. The molecule has 1 aromatic rings. The third-order valence-electron chi connectivity index (χ3n) is 7.56. The predicted octanol–water partition coefficient (Wildman–Crippen LogP) is 3.11. The fourth-order valence-corrected chi connectivity index (χ4v) is 5.78. The molecule has 1 aliphatic carbocycles. The van der Waals surface area contributed by atoms with E-state index in [0.29, 0.717) is 36.8 Å². The maximum Gasteiger partial charge on any atom is 0.411 e. The van der Waals surface area contributed by atoms with Crippen molar-refractivity contribution in [1.29, 1.82) is 0 Å². The normalized spacial score (nSPS) is 27.8. The molecular formula is C24H36N4O5. The second-order valence-electron chi connectivity index (χ2n) is 9.67. The molecule has 33 heavy (non-hydrogen) atoms. The number of carbonyl (C=O) groups is 2. The van der Waals surface area contributed by atoms with Crippen molar-refractivity contribution in [3.63, 3.8) is 0 Å². The first-order valence-corrected chi connectivity index (χ1v) is 12.2. The largest absolute Gasteiger partial charge is 0.493 e. The Bertz CT molecular complexity index is 872. The zero-order valence-electron chi connectivity index (χ0n) is 19.7. The Morgan fingerprint density at radius 2 is 2.03 bits per heavy atom. The number of aliphatic hydroxyl groups is 1. The summed E-state index contributed by atoms with van der Waals surface area (Å²) in [5.41, 5.74) is 0.0777. The van der Waals surface area contributed by atoms with E-state index >= 15 is 0 Å². The molecule has 3 fully saturated rings. The fraction of sp³-hybridized carbons (Fsp3) is 0.708. The first-order valence-electron chi connectivity index (χ1n) is 12.2. The van der Waals surface area contributed by atoms with E-state index in [1.54, 1.807) is 19.4 Å². The molecule has 9 heteroatoms. The Morgan fingerprint density at radius 1 is 1.27 bits per heavy atom. The quantitative estimate of drug-likeness (QED) is 0.672. The number of amides is 2. The van der Waals surface area contributed by atoms with Crippen molar-refractivity contribution in [2.24, 2.45) is 5.41 Å². The predicted molar refractivity (Wildman–Crippen MR) is 125 cm³/mol. The van der Waals surface area contributed by atoms with Crippen LogP contribution in [-0.2, 0) is 4.79 Å². The lowest BCUT2D eigenvalue weighted by molar-refractivity contribution is -0.139. The molecule has 1 spiro atoms. The number of nitrogens with zero attached hydrogens (tertiary/aromatic N) is 4. The number of carboxylic acid groups (broad SMARTS) is 1. The number of anilines is 2. The number of pyridine rings is 1. The van der Waals surface area contributed by atoms with Gasteiger partial charge in [0, 0.05) is 38.3 Å². The van der Waals surface area contributed by atoms with Gasteiger partial charge in [-0.25, -0.2) is 9.78 Å². The van der Waals surface area contributed by atoms with Crippen molar-refractivity contribution in [3.8, 4) is 5.75 Å². The number of hydrogen-bond acceptors (Lipinski definition) is 6. The van der Waals surface area contributed by atoms with Gasteiger partial charge in [-0.1, -0.05) is 6.92 Å². The van der Waals surface area contributed by atoms with E-state index in [-0.39, 0.29) is 18.1 Å². The van der Waals surface area contributed by atoms with E-state index in [9.17, 15) is 19.8 Å². The van der Waals surface area contributed by atoms with Gasteiger partial charge in [-0.2, -0.15) is 0 Å². The lowest BCUT2D eigenvalue weighted by atomic mass is 9.78. The average Bonchev–Trinajstić information content (AvgIpc) is 3.12. The van der Waals surface area contributed by atoms with Crippen LogP contribution in [0.1, 0.15) is 58.3 Å². The monoisotopic (exact) mass is 460 g/mol. The van der Waals surface area contributed by atoms with Crippen LogP contribution in [0.2, 0.25) is 0 Å². The molecule has 2 N–H and O–H groups in total. The van der Waals surface area contributed by atoms with Crippen molar-refractivity contribution in [3.05, 3.63) is 12.3 Å². The highest BCUT2D eigenvalue weighted by Gasteiger charge is 2.51. The SMILES string of the molecule is CCCN(C(=O)O)c1cnc(N2CCC[C@]3(CCN([C@H]4CC[C@@H](O)CC4)C3=O)C2)c(OC)c1. The van der Waals surface area contributed by atoms with Crippen molar-refractivity contribution in [1.82, 2.24) is 9.88 Å². The van der Waals surface area contributed by atoms with Crippen LogP contribution in [-0.4, -0.2) is 77.5 Å². The number of rotatable bonds is 6. The minimum atomic E-state index is -1.02. The molecule has 0 unspecified atom stereocenters. The molecule has 3 heterocycles. The van der Waals surface area contributed by atoms with Gasteiger partial charge in [0.2, 0.25) is 5.91 Å². The summed E-state index contributed by atoms with van der Waals surface area (Å²) in [4.78, 5) is 35.3. The second kappa shape index (κ2) is 9.75. The minimum absolute atomic E-state index is 0.228. The maximum atomic E-state index is 13.6. The summed E-state index contributed by atoms with van der Waals surface area (Å²) in [5, 5.41) is 19.4. The van der Waals surface area contributed by atoms with E-state index in [1.165, 1.54) is 4.90 Å². The van der Waals surface area contributed by atoms with Gasteiger partial charge in [0.15, 0.2) is 11.6 Å². The molecule has 182 valence electrons. The minimum Gasteiger partial charge on any atom is -0.493 e. The van der Waals surface area contributed by atoms with Crippen LogP contribution in [0.25, 0.3) is 0 Å². The van der Waals surface area contributed by atoms with E-state index < -0.39 is 11.5 Å². The molecule has 2 amide bonds. The molecule has 2 aliphatic heterocycles. The first-order chi connectivity index (χ1) is 15.9. The second-order valence-corrected chi connectivity index (χ2v) is 9.67. The van der Waals surface area contributed by atoms with Crippen LogP contribution in [0.4, 0.5) is 16.3 Å². The van der Waals surface area contributed by atoms with Crippen molar-refractivity contribution >= 4 is 23.5 Å². The first kappa shape index (κ1) is 23.6. The Morgan fingerprint density at radius 3 is 2.70 bits per heavy atom. The molecule has 0 radical (unpaired) electrons. The fourth-order valence-electron chi connectivity index (χ4n) is 5.78. The van der Waals surface area contributed by atoms with Crippen LogP contribution < -0.4 is 14.5 Å². The van der Waals surface area contributed by atoms with Crippen molar-refractivity contribution in [2.75, 3.05) is 43.1 Å². The molecule has 1 aromatic heterocycles. The molecule has 3 aliphatic rings. The van der Waals surface area contributed by atoms with Crippen LogP contribution in [0.5, 0.6) is 5.75 Å². The van der Waals surface area contributed by atoms with Gasteiger partial charge < -0.3 is 24.7 Å². The number of aliphatic hydroxyl groups excluding tert-OH is 1. The Kier molecular flexibility index (Phi) is 6.97. The summed E-state index contributed by atoms with van der Waals surface area (Å²) in [6.45, 7) is 4.47. The lowest BCUT2D eigenvalue weighted by Gasteiger charge is -2.41. The van der Waals surface area contributed by atoms with E-state index in [2.05, 4.69) is 14.8 Å². The number of ether oxygens (including phenoxy) is 1. The maximum absolute atomic E-state index is 13.6. The number of aromatic nitrogens is 1.